The molecule has 2 aromatic rings. The second-order valence-corrected chi connectivity index (χ2v) is 3.49. The van der Waals surface area contributed by atoms with Gasteiger partial charge in [0.05, 0.1) is 5.56 Å². The number of aromatic amines is 1. The van der Waals surface area contributed by atoms with Gasteiger partial charge in [-0.3, -0.25) is 0 Å². The van der Waals surface area contributed by atoms with Gasteiger partial charge in [-0.25, -0.2) is 0 Å². The first-order valence-electron chi connectivity index (χ1n) is 4.92. The zero-order chi connectivity index (χ0) is 13.2. The molecule has 0 aliphatic carbocycles. The fourth-order valence-corrected chi connectivity index (χ4v) is 1.49. The van der Waals surface area contributed by atoms with Crippen molar-refractivity contribution < 1.29 is 17.9 Å². The fourth-order valence-electron chi connectivity index (χ4n) is 1.49. The minimum absolute atomic E-state index is 0.298. The highest BCUT2D eigenvalue weighted by Crippen LogP contribution is 2.27. The molecule has 0 radical (unpaired) electrons. The van der Waals surface area contributed by atoms with Gasteiger partial charge >= 0.3 is 6.36 Å². The first kappa shape index (κ1) is 12.0. The molecular formula is C12H7F3N2O. The summed E-state index contributed by atoms with van der Waals surface area (Å²) in [5.41, 5.74) is 1.48. The topological polar surface area (TPSA) is 48.8 Å². The molecule has 0 saturated heterocycles. The number of ether oxygens (including phenoxy) is 1. The summed E-state index contributed by atoms with van der Waals surface area (Å²) >= 11 is 0. The Hall–Kier alpha value is -2.42. The molecule has 18 heavy (non-hydrogen) atoms. The number of H-pyrrole nitrogens is 1. The van der Waals surface area contributed by atoms with Gasteiger partial charge in [0.1, 0.15) is 11.8 Å². The Bertz CT molecular complexity index is 596. The Balaban J connectivity index is 2.30. The number of benzene rings is 1. The van der Waals surface area contributed by atoms with Crippen LogP contribution in [-0.4, -0.2) is 11.3 Å². The van der Waals surface area contributed by atoms with Gasteiger partial charge in [-0.15, -0.1) is 13.2 Å². The Morgan fingerprint density at radius 3 is 2.61 bits per heavy atom. The molecule has 1 aromatic carbocycles. The largest absolute Gasteiger partial charge is 0.573 e. The number of rotatable bonds is 2. The van der Waals surface area contributed by atoms with Gasteiger partial charge in [-0.05, 0) is 18.2 Å². The van der Waals surface area contributed by atoms with Crippen molar-refractivity contribution in [3.63, 3.8) is 0 Å². The SMILES string of the molecule is N#Cc1c[nH]c(-c2cccc(OC(F)(F)F)c2)c1. The average molecular weight is 252 g/mol. The van der Waals surface area contributed by atoms with Crippen molar-refractivity contribution in [3.05, 3.63) is 42.1 Å². The van der Waals surface area contributed by atoms with Gasteiger partial charge in [0, 0.05) is 17.5 Å². The molecule has 3 nitrogen and oxygen atoms in total. The molecule has 92 valence electrons. The molecule has 2 rings (SSSR count). The van der Waals surface area contributed by atoms with Crippen LogP contribution < -0.4 is 4.74 Å². The van der Waals surface area contributed by atoms with Gasteiger partial charge in [0.2, 0.25) is 0 Å². The molecule has 1 N–H and O–H groups in total. The average Bonchev–Trinajstić information content (AvgIpc) is 2.75. The molecule has 0 bridgehead atoms. The second kappa shape index (κ2) is 4.45. The number of alkyl halides is 3. The highest BCUT2D eigenvalue weighted by molar-refractivity contribution is 5.63. The van der Waals surface area contributed by atoms with E-state index in [2.05, 4.69) is 9.72 Å². The van der Waals surface area contributed by atoms with Crippen molar-refractivity contribution in [2.24, 2.45) is 0 Å². The number of nitrogens with one attached hydrogen (secondary N) is 1. The molecule has 0 atom stereocenters. The van der Waals surface area contributed by atoms with Crippen LogP contribution in [-0.2, 0) is 0 Å². The Morgan fingerprint density at radius 2 is 2.00 bits per heavy atom. The third-order valence-corrected chi connectivity index (χ3v) is 2.19. The quantitative estimate of drug-likeness (QED) is 0.889. The van der Waals surface area contributed by atoms with Crippen LogP contribution in [0.25, 0.3) is 11.3 Å². The number of aromatic nitrogens is 1. The van der Waals surface area contributed by atoms with Gasteiger partial charge in [0.25, 0.3) is 0 Å². The summed E-state index contributed by atoms with van der Waals surface area (Å²) in [6, 6.07) is 9.01. The summed E-state index contributed by atoms with van der Waals surface area (Å²) in [6.07, 6.45) is -3.24. The molecule has 0 aliphatic heterocycles. The van der Waals surface area contributed by atoms with E-state index in [9.17, 15) is 13.2 Å². The monoisotopic (exact) mass is 252 g/mol. The van der Waals surface area contributed by atoms with Crippen LogP contribution in [0.2, 0.25) is 0 Å². The van der Waals surface area contributed by atoms with Crippen LogP contribution in [0, 0.1) is 11.3 Å². The van der Waals surface area contributed by atoms with Crippen molar-refractivity contribution in [2.45, 2.75) is 6.36 Å². The van der Waals surface area contributed by atoms with E-state index in [4.69, 9.17) is 5.26 Å². The Morgan fingerprint density at radius 1 is 1.22 bits per heavy atom. The first-order chi connectivity index (χ1) is 8.48. The highest BCUT2D eigenvalue weighted by Gasteiger charge is 2.31. The zero-order valence-corrected chi connectivity index (χ0v) is 8.95. The molecule has 0 aliphatic rings. The van der Waals surface area contributed by atoms with Crippen molar-refractivity contribution in [3.8, 4) is 23.1 Å². The molecular weight excluding hydrogens is 245 g/mol. The molecule has 0 amide bonds. The normalized spacial score (nSPS) is 11.0. The Kier molecular flexibility index (Phi) is 2.98. The lowest BCUT2D eigenvalue weighted by Gasteiger charge is -2.09. The molecule has 0 fully saturated rings. The van der Waals surface area contributed by atoms with Gasteiger partial charge < -0.3 is 9.72 Å². The minimum Gasteiger partial charge on any atom is -0.406 e. The Labute approximate surface area is 100 Å². The summed E-state index contributed by atoms with van der Waals surface area (Å²) in [6.45, 7) is 0. The van der Waals surface area contributed by atoms with Crippen LogP contribution >= 0.6 is 0 Å². The predicted molar refractivity (Wildman–Crippen MR) is 57.6 cm³/mol. The molecule has 1 heterocycles. The van der Waals surface area contributed by atoms with E-state index in [0.717, 1.165) is 0 Å². The summed E-state index contributed by atoms with van der Waals surface area (Å²) in [7, 11) is 0. The maximum absolute atomic E-state index is 12.1. The van der Waals surface area contributed by atoms with E-state index in [-0.39, 0.29) is 5.75 Å². The number of nitrogens with zero attached hydrogens (tertiary/aromatic N) is 1. The maximum atomic E-state index is 12.1. The summed E-state index contributed by atoms with van der Waals surface area (Å²) < 4.78 is 40.0. The van der Waals surface area contributed by atoms with E-state index in [1.54, 1.807) is 12.1 Å². The van der Waals surface area contributed by atoms with Crippen LogP contribution in [0.1, 0.15) is 5.56 Å². The summed E-state index contributed by atoms with van der Waals surface area (Å²) in [4.78, 5) is 2.80. The third kappa shape index (κ3) is 2.83. The standard InChI is InChI=1S/C12H7F3N2O/c13-12(14,15)18-10-3-1-2-9(5-10)11-4-8(6-16)7-17-11/h1-5,7,17H. The predicted octanol–water partition coefficient (Wildman–Crippen LogP) is 3.45. The lowest BCUT2D eigenvalue weighted by molar-refractivity contribution is -0.274. The van der Waals surface area contributed by atoms with E-state index in [1.807, 2.05) is 6.07 Å². The van der Waals surface area contributed by atoms with E-state index >= 15 is 0 Å². The smallest absolute Gasteiger partial charge is 0.406 e. The number of halogens is 3. The first-order valence-corrected chi connectivity index (χ1v) is 4.92. The minimum atomic E-state index is -4.72. The lowest BCUT2D eigenvalue weighted by atomic mass is 10.1. The van der Waals surface area contributed by atoms with Gasteiger partial charge in [-0.1, -0.05) is 12.1 Å². The maximum Gasteiger partial charge on any atom is 0.573 e. The van der Waals surface area contributed by atoms with E-state index < -0.39 is 6.36 Å². The summed E-state index contributed by atoms with van der Waals surface area (Å²) in [5.74, 6) is -0.298. The van der Waals surface area contributed by atoms with Gasteiger partial charge in [-0.2, -0.15) is 5.26 Å². The van der Waals surface area contributed by atoms with E-state index in [1.165, 1.54) is 24.4 Å². The van der Waals surface area contributed by atoms with Crippen molar-refractivity contribution >= 4 is 0 Å². The van der Waals surface area contributed by atoms with Crippen molar-refractivity contribution in [2.75, 3.05) is 0 Å². The van der Waals surface area contributed by atoms with Crippen molar-refractivity contribution in [1.82, 2.24) is 4.98 Å². The molecule has 6 heteroatoms. The zero-order valence-electron chi connectivity index (χ0n) is 8.95. The highest BCUT2D eigenvalue weighted by atomic mass is 19.4. The summed E-state index contributed by atoms with van der Waals surface area (Å²) in [5, 5.41) is 8.66. The van der Waals surface area contributed by atoms with E-state index in [0.29, 0.717) is 16.8 Å². The number of nitriles is 1. The van der Waals surface area contributed by atoms with Crippen LogP contribution in [0.15, 0.2) is 36.5 Å². The van der Waals surface area contributed by atoms with Crippen LogP contribution in [0.3, 0.4) is 0 Å². The van der Waals surface area contributed by atoms with Gasteiger partial charge in [0.15, 0.2) is 0 Å². The molecule has 0 unspecified atom stereocenters. The molecule has 0 saturated carbocycles. The fraction of sp³-hybridized carbons (Fsp3) is 0.0833. The number of hydrogen-bond acceptors (Lipinski definition) is 2. The van der Waals surface area contributed by atoms with Crippen LogP contribution in [0.5, 0.6) is 5.75 Å². The third-order valence-electron chi connectivity index (χ3n) is 2.19. The van der Waals surface area contributed by atoms with Crippen molar-refractivity contribution in [1.29, 1.82) is 5.26 Å². The van der Waals surface area contributed by atoms with Crippen LogP contribution in [0.4, 0.5) is 13.2 Å². The second-order valence-electron chi connectivity index (χ2n) is 3.49. The lowest BCUT2D eigenvalue weighted by Crippen LogP contribution is -2.17. The molecule has 1 aromatic heterocycles. The number of hydrogen-bond donors (Lipinski definition) is 1. The molecule has 0 spiro atoms.